The lowest BCUT2D eigenvalue weighted by molar-refractivity contribution is -0.132. The highest BCUT2D eigenvalue weighted by Crippen LogP contribution is 2.24. The first-order valence-corrected chi connectivity index (χ1v) is 8.48. The summed E-state index contributed by atoms with van der Waals surface area (Å²) in [5.74, 6) is 1.14. The van der Waals surface area contributed by atoms with E-state index in [2.05, 4.69) is 41.3 Å². The lowest BCUT2D eigenvalue weighted by Crippen LogP contribution is -2.51. The van der Waals surface area contributed by atoms with Crippen LogP contribution in [0.25, 0.3) is 0 Å². The summed E-state index contributed by atoms with van der Waals surface area (Å²) in [6, 6.07) is 0. The van der Waals surface area contributed by atoms with Crippen LogP contribution in [0.4, 0.5) is 13.2 Å². The molecule has 0 aromatic carbocycles. The summed E-state index contributed by atoms with van der Waals surface area (Å²) < 4.78 is 36.7. The fourth-order valence-corrected chi connectivity index (χ4v) is 2.78. The number of guanidine groups is 1. The summed E-state index contributed by atoms with van der Waals surface area (Å²) in [6.07, 6.45) is -2.55. The van der Waals surface area contributed by atoms with Gasteiger partial charge in [-0.3, -0.25) is 9.89 Å². The van der Waals surface area contributed by atoms with Crippen molar-refractivity contribution in [3.63, 3.8) is 0 Å². The molecule has 0 saturated carbocycles. The Morgan fingerprint density at radius 2 is 1.92 bits per heavy atom. The average molecular weight is 464 g/mol. The molecular weight excluding hydrogens is 432 g/mol. The molecule has 1 unspecified atom stereocenters. The van der Waals surface area contributed by atoms with Crippen molar-refractivity contribution in [1.29, 1.82) is 0 Å². The van der Waals surface area contributed by atoms with Crippen LogP contribution >= 0.6 is 24.0 Å². The van der Waals surface area contributed by atoms with Gasteiger partial charge in [0.25, 0.3) is 0 Å². The lowest BCUT2D eigenvalue weighted by atomic mass is 9.94. The van der Waals surface area contributed by atoms with Crippen LogP contribution in [-0.2, 0) is 0 Å². The fourth-order valence-electron chi connectivity index (χ4n) is 2.78. The van der Waals surface area contributed by atoms with Gasteiger partial charge in [-0.2, -0.15) is 13.2 Å². The second kappa shape index (κ2) is 10.7. The second-order valence-electron chi connectivity index (χ2n) is 6.99. The van der Waals surface area contributed by atoms with Gasteiger partial charge in [0.15, 0.2) is 5.96 Å². The molecule has 1 saturated heterocycles. The van der Waals surface area contributed by atoms with E-state index in [9.17, 15) is 13.2 Å². The van der Waals surface area contributed by atoms with Crippen LogP contribution in [0.1, 0.15) is 47.0 Å². The molecule has 1 heterocycles. The number of likely N-dealkylation sites (tertiary alicyclic amines) is 1. The van der Waals surface area contributed by atoms with Gasteiger partial charge >= 0.3 is 6.18 Å². The molecule has 0 amide bonds. The van der Waals surface area contributed by atoms with E-state index in [0.717, 1.165) is 13.1 Å². The molecule has 0 aromatic heterocycles. The van der Waals surface area contributed by atoms with Gasteiger partial charge < -0.3 is 10.6 Å². The van der Waals surface area contributed by atoms with E-state index in [1.165, 1.54) is 12.8 Å². The van der Waals surface area contributed by atoms with E-state index in [1.807, 2.05) is 6.92 Å². The summed E-state index contributed by atoms with van der Waals surface area (Å²) in [4.78, 5) is 6.92. The Bertz CT molecular complexity index is 386. The van der Waals surface area contributed by atoms with Gasteiger partial charge in [0.2, 0.25) is 0 Å². The van der Waals surface area contributed by atoms with Crippen LogP contribution in [0.15, 0.2) is 4.99 Å². The number of alkyl halides is 3. The normalized spacial score (nSPS) is 20.5. The molecule has 144 valence electrons. The number of aliphatic imine (C=N–C) groups is 1. The smallest absolute Gasteiger partial charge is 0.357 e. The molecular formula is C16H32F3IN4. The first kappa shape index (κ1) is 23.8. The van der Waals surface area contributed by atoms with Crippen molar-refractivity contribution in [2.45, 2.75) is 58.7 Å². The van der Waals surface area contributed by atoms with Crippen molar-refractivity contribution < 1.29 is 13.2 Å². The minimum absolute atomic E-state index is 0. The van der Waals surface area contributed by atoms with Crippen LogP contribution in [-0.4, -0.2) is 55.3 Å². The van der Waals surface area contributed by atoms with E-state index < -0.39 is 12.6 Å². The molecule has 4 nitrogen and oxygen atoms in total. The molecule has 0 aromatic rings. The molecule has 1 rings (SSSR count). The van der Waals surface area contributed by atoms with Gasteiger partial charge in [-0.1, -0.05) is 6.92 Å². The first-order chi connectivity index (χ1) is 10.6. The summed E-state index contributed by atoms with van der Waals surface area (Å²) in [5.41, 5.74) is -0.0962. The number of halogens is 4. The third kappa shape index (κ3) is 9.29. The predicted octanol–water partition coefficient (Wildman–Crippen LogP) is 3.62. The van der Waals surface area contributed by atoms with Gasteiger partial charge in [-0.25, -0.2) is 0 Å². The largest absolute Gasteiger partial charge is 0.390 e. The number of nitrogens with zero attached hydrogens (tertiary/aromatic N) is 2. The molecule has 1 atom stereocenters. The Morgan fingerprint density at radius 3 is 2.46 bits per heavy atom. The molecule has 1 aliphatic heterocycles. The van der Waals surface area contributed by atoms with Crippen molar-refractivity contribution in [1.82, 2.24) is 15.5 Å². The number of rotatable bonds is 6. The van der Waals surface area contributed by atoms with Crippen LogP contribution in [0.3, 0.4) is 0 Å². The van der Waals surface area contributed by atoms with Crippen LogP contribution < -0.4 is 10.6 Å². The highest BCUT2D eigenvalue weighted by atomic mass is 127. The SMILES string of the molecule is CCNC(=NCC(C)(C)N1CCCC(C)C1)NCCC(F)(F)F.I. The van der Waals surface area contributed by atoms with E-state index in [4.69, 9.17) is 0 Å². The number of hydrogen-bond donors (Lipinski definition) is 2. The third-order valence-electron chi connectivity index (χ3n) is 4.18. The molecule has 24 heavy (non-hydrogen) atoms. The maximum atomic E-state index is 12.2. The van der Waals surface area contributed by atoms with E-state index in [0.29, 0.717) is 25.0 Å². The van der Waals surface area contributed by atoms with Gasteiger partial charge in [0.1, 0.15) is 0 Å². The maximum Gasteiger partial charge on any atom is 0.390 e. The Kier molecular flexibility index (Phi) is 10.6. The van der Waals surface area contributed by atoms with Crippen molar-refractivity contribution in [2.24, 2.45) is 10.9 Å². The van der Waals surface area contributed by atoms with Crippen LogP contribution in [0.5, 0.6) is 0 Å². The quantitative estimate of drug-likeness (QED) is 0.359. The third-order valence-corrected chi connectivity index (χ3v) is 4.18. The highest BCUT2D eigenvalue weighted by molar-refractivity contribution is 14.0. The van der Waals surface area contributed by atoms with Crippen LogP contribution in [0.2, 0.25) is 0 Å². The number of hydrogen-bond acceptors (Lipinski definition) is 2. The Hall–Kier alpha value is -0.250. The van der Waals surface area contributed by atoms with Crippen molar-refractivity contribution >= 4 is 29.9 Å². The van der Waals surface area contributed by atoms with Crippen molar-refractivity contribution in [3.05, 3.63) is 0 Å². The predicted molar refractivity (Wildman–Crippen MR) is 104 cm³/mol. The van der Waals surface area contributed by atoms with E-state index >= 15 is 0 Å². The zero-order chi connectivity index (χ0) is 17.5. The van der Waals surface area contributed by atoms with E-state index in [-0.39, 0.29) is 36.1 Å². The molecule has 1 aliphatic rings. The molecule has 0 spiro atoms. The standard InChI is InChI=1S/C16H31F3N4.HI/c1-5-20-14(21-9-8-16(17,18)19)22-12-15(3,4)23-10-6-7-13(2)11-23;/h13H,5-12H2,1-4H3,(H2,20,21,22);1H. The zero-order valence-corrected chi connectivity index (χ0v) is 17.5. The lowest BCUT2D eigenvalue weighted by Gasteiger charge is -2.42. The van der Waals surface area contributed by atoms with E-state index in [1.54, 1.807) is 0 Å². The fraction of sp³-hybridized carbons (Fsp3) is 0.938. The summed E-state index contributed by atoms with van der Waals surface area (Å²) >= 11 is 0. The van der Waals surface area contributed by atoms with Crippen LogP contribution in [0, 0.1) is 5.92 Å². The summed E-state index contributed by atoms with van der Waals surface area (Å²) in [6.45, 7) is 11.6. The molecule has 1 fully saturated rings. The van der Waals surface area contributed by atoms with Crippen molar-refractivity contribution in [3.8, 4) is 0 Å². The Balaban J connectivity index is 0.00000529. The van der Waals surface area contributed by atoms with Gasteiger partial charge in [-0.05, 0) is 46.1 Å². The van der Waals surface area contributed by atoms with Gasteiger partial charge in [-0.15, -0.1) is 24.0 Å². The first-order valence-electron chi connectivity index (χ1n) is 8.48. The molecule has 8 heteroatoms. The Morgan fingerprint density at radius 1 is 1.25 bits per heavy atom. The topological polar surface area (TPSA) is 39.7 Å². The molecule has 0 bridgehead atoms. The molecule has 0 radical (unpaired) electrons. The monoisotopic (exact) mass is 464 g/mol. The summed E-state index contributed by atoms with van der Waals surface area (Å²) in [7, 11) is 0. The summed E-state index contributed by atoms with van der Waals surface area (Å²) in [5, 5.41) is 5.77. The van der Waals surface area contributed by atoms with Gasteiger partial charge in [0.05, 0.1) is 13.0 Å². The van der Waals surface area contributed by atoms with Crippen molar-refractivity contribution in [2.75, 3.05) is 32.7 Å². The minimum Gasteiger partial charge on any atom is -0.357 e. The maximum absolute atomic E-state index is 12.2. The number of nitrogens with one attached hydrogen (secondary N) is 2. The van der Waals surface area contributed by atoms with Gasteiger partial charge in [0, 0.05) is 25.2 Å². The average Bonchev–Trinajstić information content (AvgIpc) is 2.43. The second-order valence-corrected chi connectivity index (χ2v) is 6.99. The highest BCUT2D eigenvalue weighted by Gasteiger charge is 2.30. The molecule has 0 aliphatic carbocycles. The minimum atomic E-state index is -4.15. The Labute approximate surface area is 161 Å². The number of piperidine rings is 1. The molecule has 2 N–H and O–H groups in total. The zero-order valence-electron chi connectivity index (χ0n) is 15.2.